The molecule has 7 nitrogen and oxygen atoms in total. The molecule has 0 bridgehead atoms. The van der Waals surface area contributed by atoms with Gasteiger partial charge < -0.3 is 9.47 Å². The molecule has 0 amide bonds. The zero-order valence-electron chi connectivity index (χ0n) is 14.9. The minimum absolute atomic E-state index is 0.126. The second kappa shape index (κ2) is 7.94. The molecule has 1 aliphatic carbocycles. The Labute approximate surface area is 158 Å². The maximum Gasteiger partial charge on any atom is 0.339 e. The van der Waals surface area contributed by atoms with Crippen LogP contribution in [0.2, 0.25) is 5.02 Å². The highest BCUT2D eigenvalue weighted by Crippen LogP contribution is 2.36. The Bertz CT molecular complexity index is 809. The minimum Gasteiger partial charge on any atom is -0.469 e. The van der Waals surface area contributed by atoms with Crippen molar-refractivity contribution in [3.63, 3.8) is 0 Å². The van der Waals surface area contributed by atoms with Crippen molar-refractivity contribution in [1.82, 2.24) is 4.72 Å². The van der Waals surface area contributed by atoms with Gasteiger partial charge in [0.05, 0.1) is 30.6 Å². The second-order valence-corrected chi connectivity index (χ2v) is 8.56. The van der Waals surface area contributed by atoms with Gasteiger partial charge >= 0.3 is 11.9 Å². The summed E-state index contributed by atoms with van der Waals surface area (Å²) in [6, 6.07) is 3.89. The molecule has 1 saturated carbocycles. The molecule has 26 heavy (non-hydrogen) atoms. The Balaban J connectivity index is 2.46. The van der Waals surface area contributed by atoms with Gasteiger partial charge in [0.15, 0.2) is 0 Å². The summed E-state index contributed by atoms with van der Waals surface area (Å²) in [7, 11) is -1.71. The van der Waals surface area contributed by atoms with E-state index in [9.17, 15) is 18.0 Å². The van der Waals surface area contributed by atoms with Crippen molar-refractivity contribution in [3.8, 4) is 0 Å². The number of nitrogens with one attached hydrogen (secondary N) is 1. The first-order chi connectivity index (χ1) is 12.1. The molecule has 9 heteroatoms. The Kier molecular flexibility index (Phi) is 6.31. The first-order valence-corrected chi connectivity index (χ1v) is 10.0. The molecular formula is C17H22ClNO6S. The average molecular weight is 404 g/mol. The van der Waals surface area contributed by atoms with Crippen LogP contribution in [0.3, 0.4) is 0 Å². The maximum absolute atomic E-state index is 13.0. The number of hydrogen-bond donors (Lipinski definition) is 1. The summed E-state index contributed by atoms with van der Waals surface area (Å²) >= 11 is 5.93. The lowest BCUT2D eigenvalue weighted by molar-refractivity contribution is -0.149. The largest absolute Gasteiger partial charge is 0.469 e. The number of carbonyl (C=O) groups excluding carboxylic acids is 2. The molecule has 2 rings (SSSR count). The van der Waals surface area contributed by atoms with Gasteiger partial charge in [-0.3, -0.25) is 4.79 Å². The highest BCUT2D eigenvalue weighted by molar-refractivity contribution is 7.89. The summed E-state index contributed by atoms with van der Waals surface area (Å²) < 4.78 is 38.1. The molecule has 0 saturated heterocycles. The monoisotopic (exact) mass is 403 g/mol. The fraction of sp³-hybridized carbons (Fsp3) is 0.529. The summed E-state index contributed by atoms with van der Waals surface area (Å²) in [6.07, 6.45) is 2.57. The number of methoxy groups -OCH3 is 2. The van der Waals surface area contributed by atoms with E-state index in [4.69, 9.17) is 16.3 Å². The van der Waals surface area contributed by atoms with Crippen LogP contribution >= 0.6 is 11.6 Å². The van der Waals surface area contributed by atoms with E-state index in [0.717, 1.165) is 20.0 Å². The van der Waals surface area contributed by atoms with E-state index in [1.165, 1.54) is 25.3 Å². The molecule has 2 atom stereocenters. The lowest BCUT2D eigenvalue weighted by Gasteiger charge is -2.40. The van der Waals surface area contributed by atoms with Crippen molar-refractivity contribution in [3.05, 3.63) is 28.8 Å². The summed E-state index contributed by atoms with van der Waals surface area (Å²) in [5.74, 6) is -1.87. The topological polar surface area (TPSA) is 98.8 Å². The van der Waals surface area contributed by atoms with Gasteiger partial charge in [0.25, 0.3) is 0 Å². The standard InChI is InChI=1S/C17H22ClNO6S/c1-17(9-5-4-6-13(17)16(21)25-3)19-26(22,23)14-10-11(18)7-8-12(14)15(20)24-2/h7-8,10,13,19H,4-6,9H2,1-3H3/t13-,17-/m0/s1. The molecule has 144 valence electrons. The van der Waals surface area contributed by atoms with Crippen LogP contribution < -0.4 is 4.72 Å². The molecule has 0 unspecified atom stereocenters. The van der Waals surface area contributed by atoms with Crippen LogP contribution in [0.25, 0.3) is 0 Å². The van der Waals surface area contributed by atoms with Crippen molar-refractivity contribution in [2.75, 3.05) is 14.2 Å². The van der Waals surface area contributed by atoms with Crippen molar-refractivity contribution in [2.45, 2.75) is 43.0 Å². The van der Waals surface area contributed by atoms with E-state index < -0.39 is 33.4 Å². The van der Waals surface area contributed by atoms with Crippen LogP contribution in [0, 0.1) is 5.92 Å². The lowest BCUT2D eigenvalue weighted by Crippen LogP contribution is -2.55. The van der Waals surface area contributed by atoms with Gasteiger partial charge in [-0.05, 0) is 38.0 Å². The van der Waals surface area contributed by atoms with Crippen LogP contribution in [0.5, 0.6) is 0 Å². The average Bonchev–Trinajstić information content (AvgIpc) is 2.60. The number of ether oxygens (including phenoxy) is 2. The first kappa shape index (κ1) is 20.7. The normalized spacial score (nSPS) is 23.3. The third-order valence-electron chi connectivity index (χ3n) is 4.70. The zero-order chi connectivity index (χ0) is 19.5. The summed E-state index contributed by atoms with van der Waals surface area (Å²) in [4.78, 5) is 23.8. The molecule has 1 aromatic rings. The van der Waals surface area contributed by atoms with E-state index in [1.807, 2.05) is 0 Å². The van der Waals surface area contributed by atoms with Crippen molar-refractivity contribution in [1.29, 1.82) is 0 Å². The maximum atomic E-state index is 13.0. The van der Waals surface area contributed by atoms with Gasteiger partial charge in [-0.1, -0.05) is 24.4 Å². The third kappa shape index (κ3) is 4.19. The Morgan fingerprint density at radius 3 is 2.54 bits per heavy atom. The van der Waals surface area contributed by atoms with Crippen LogP contribution in [0.1, 0.15) is 43.0 Å². The third-order valence-corrected chi connectivity index (χ3v) is 6.59. The predicted octanol–water partition coefficient (Wildman–Crippen LogP) is 2.53. The fourth-order valence-electron chi connectivity index (χ4n) is 3.33. The number of benzene rings is 1. The number of hydrogen-bond acceptors (Lipinski definition) is 6. The summed E-state index contributed by atoms with van der Waals surface area (Å²) in [5.41, 5.74) is -1.15. The molecule has 0 heterocycles. The molecule has 0 aromatic heterocycles. The number of esters is 2. The molecule has 0 radical (unpaired) electrons. The predicted molar refractivity (Wildman–Crippen MR) is 95.5 cm³/mol. The van der Waals surface area contributed by atoms with Gasteiger partial charge in [-0.25, -0.2) is 17.9 Å². The lowest BCUT2D eigenvalue weighted by atomic mass is 9.74. The van der Waals surface area contributed by atoms with E-state index in [1.54, 1.807) is 6.92 Å². The highest BCUT2D eigenvalue weighted by atomic mass is 35.5. The quantitative estimate of drug-likeness (QED) is 0.758. The number of carbonyl (C=O) groups is 2. The molecule has 1 aromatic carbocycles. The zero-order valence-corrected chi connectivity index (χ0v) is 16.4. The molecule has 1 fully saturated rings. The molecule has 1 aliphatic rings. The van der Waals surface area contributed by atoms with E-state index >= 15 is 0 Å². The van der Waals surface area contributed by atoms with E-state index in [0.29, 0.717) is 12.8 Å². The van der Waals surface area contributed by atoms with Crippen LogP contribution in [-0.4, -0.2) is 40.1 Å². The van der Waals surface area contributed by atoms with Gasteiger partial charge in [0.2, 0.25) is 10.0 Å². The van der Waals surface area contributed by atoms with E-state index in [-0.39, 0.29) is 15.5 Å². The highest BCUT2D eigenvalue weighted by Gasteiger charge is 2.45. The second-order valence-electron chi connectivity index (χ2n) is 6.48. The number of rotatable bonds is 5. The first-order valence-electron chi connectivity index (χ1n) is 8.14. The Morgan fingerprint density at radius 1 is 1.23 bits per heavy atom. The van der Waals surface area contributed by atoms with Crippen LogP contribution in [0.4, 0.5) is 0 Å². The van der Waals surface area contributed by atoms with E-state index in [2.05, 4.69) is 9.46 Å². The van der Waals surface area contributed by atoms with Gasteiger partial charge in [0, 0.05) is 10.6 Å². The molecule has 0 spiro atoms. The SMILES string of the molecule is COC(=O)c1ccc(Cl)cc1S(=O)(=O)N[C@@]1(C)CCCC[C@H]1C(=O)OC. The van der Waals surface area contributed by atoms with Crippen LogP contribution in [-0.2, 0) is 24.3 Å². The minimum atomic E-state index is -4.14. The van der Waals surface area contributed by atoms with Crippen molar-refractivity contribution in [2.24, 2.45) is 5.92 Å². The number of halogens is 1. The molecule has 1 N–H and O–H groups in total. The van der Waals surface area contributed by atoms with Gasteiger partial charge in [0.1, 0.15) is 0 Å². The molecular weight excluding hydrogens is 382 g/mol. The summed E-state index contributed by atoms with van der Waals surface area (Å²) in [5, 5.41) is 0.163. The number of sulfonamides is 1. The van der Waals surface area contributed by atoms with Crippen molar-refractivity contribution < 1.29 is 27.5 Å². The summed E-state index contributed by atoms with van der Waals surface area (Å²) in [6.45, 7) is 1.67. The Morgan fingerprint density at radius 2 is 1.92 bits per heavy atom. The van der Waals surface area contributed by atoms with Gasteiger partial charge in [-0.2, -0.15) is 0 Å². The fourth-order valence-corrected chi connectivity index (χ4v) is 5.26. The Hall–Kier alpha value is -1.64. The van der Waals surface area contributed by atoms with Crippen LogP contribution in [0.15, 0.2) is 23.1 Å². The smallest absolute Gasteiger partial charge is 0.339 e. The van der Waals surface area contributed by atoms with Crippen molar-refractivity contribution >= 4 is 33.6 Å². The van der Waals surface area contributed by atoms with Gasteiger partial charge in [-0.15, -0.1) is 0 Å². The molecule has 0 aliphatic heterocycles.